The molecule has 3 aromatic rings. The molecule has 5 heteroatoms. The van der Waals surface area contributed by atoms with E-state index in [4.69, 9.17) is 9.47 Å². The van der Waals surface area contributed by atoms with E-state index in [9.17, 15) is 14.7 Å². The Labute approximate surface area is 202 Å². The second-order valence-corrected chi connectivity index (χ2v) is 9.00. The minimum atomic E-state index is -0.389. The summed E-state index contributed by atoms with van der Waals surface area (Å²) >= 11 is 0. The minimum Gasteiger partial charge on any atom is -0.508 e. The van der Waals surface area contributed by atoms with Gasteiger partial charge in [0.25, 0.3) is 0 Å². The van der Waals surface area contributed by atoms with E-state index >= 15 is 0 Å². The molecule has 3 aliphatic rings. The molecule has 1 heterocycles. The highest BCUT2D eigenvalue weighted by molar-refractivity contribution is 6.03. The number of esters is 1. The summed E-state index contributed by atoms with van der Waals surface area (Å²) in [5, 5.41) is 11.7. The van der Waals surface area contributed by atoms with Crippen molar-refractivity contribution >= 4 is 22.5 Å². The van der Waals surface area contributed by atoms with Gasteiger partial charge < -0.3 is 14.6 Å². The van der Waals surface area contributed by atoms with Crippen molar-refractivity contribution in [3.8, 4) is 11.5 Å². The van der Waals surface area contributed by atoms with E-state index in [0.29, 0.717) is 11.3 Å². The summed E-state index contributed by atoms with van der Waals surface area (Å²) in [4.78, 5) is 24.9. The molecule has 2 atom stereocenters. The first kappa shape index (κ1) is 21.2. The molecule has 0 saturated heterocycles. The third-order valence-electron chi connectivity index (χ3n) is 7.01. The molecular weight excluding hydrogens is 440 g/mol. The van der Waals surface area contributed by atoms with Crippen molar-refractivity contribution in [3.05, 3.63) is 118 Å². The molecule has 0 aromatic heterocycles. The zero-order valence-corrected chi connectivity index (χ0v) is 19.2. The van der Waals surface area contributed by atoms with E-state index in [2.05, 4.69) is 6.08 Å². The molecule has 1 aliphatic heterocycles. The number of phenols is 1. The lowest BCUT2D eigenvalue weighted by atomic mass is 9.71. The van der Waals surface area contributed by atoms with E-state index in [-0.39, 0.29) is 29.3 Å². The molecule has 0 radical (unpaired) electrons. The number of carbonyl (C=O) groups excluding carboxylic acids is 2. The number of ketones is 1. The monoisotopic (exact) mass is 462 g/mol. The number of benzene rings is 3. The fourth-order valence-corrected chi connectivity index (χ4v) is 5.45. The molecule has 6 rings (SSSR count). The highest BCUT2D eigenvalue weighted by Crippen LogP contribution is 2.53. The Bertz CT molecular complexity index is 1570. The van der Waals surface area contributed by atoms with Crippen molar-refractivity contribution in [3.63, 3.8) is 0 Å². The lowest BCUT2D eigenvalue weighted by Gasteiger charge is -2.39. The average Bonchev–Trinajstić information content (AvgIpc) is 2.86. The van der Waals surface area contributed by atoms with Crippen LogP contribution in [0.2, 0.25) is 0 Å². The van der Waals surface area contributed by atoms with E-state index in [0.717, 1.165) is 44.4 Å². The van der Waals surface area contributed by atoms with Crippen molar-refractivity contribution in [1.82, 2.24) is 0 Å². The van der Waals surface area contributed by atoms with Crippen LogP contribution in [-0.4, -0.2) is 24.0 Å². The highest BCUT2D eigenvalue weighted by Gasteiger charge is 2.41. The van der Waals surface area contributed by atoms with Gasteiger partial charge in [-0.3, -0.25) is 4.79 Å². The van der Waals surface area contributed by atoms with Gasteiger partial charge in [-0.15, -0.1) is 0 Å². The standard InChI is InChI=1S/C30H22O5/c1-16-4-3-5-25(30(33)34-2)26(16)27-23-10-6-17-14-19(31)8-12-21(17)28(23)35-29-22-13-9-20(32)15-18(22)7-11-24(27)29/h3-15,23,27,32H,1-2H3. The van der Waals surface area contributed by atoms with Crippen molar-refractivity contribution in [2.45, 2.75) is 12.8 Å². The number of methoxy groups -OCH3 is 1. The number of phenolic OH excluding ortho intramolecular Hbond substituents is 1. The molecule has 0 amide bonds. The van der Waals surface area contributed by atoms with Gasteiger partial charge in [0.1, 0.15) is 17.3 Å². The van der Waals surface area contributed by atoms with Crippen LogP contribution in [0.5, 0.6) is 11.5 Å². The van der Waals surface area contributed by atoms with Crippen LogP contribution in [0.4, 0.5) is 0 Å². The van der Waals surface area contributed by atoms with Crippen LogP contribution >= 0.6 is 0 Å². The van der Waals surface area contributed by atoms with Gasteiger partial charge in [0.05, 0.1) is 12.7 Å². The molecule has 0 spiro atoms. The largest absolute Gasteiger partial charge is 0.508 e. The zero-order chi connectivity index (χ0) is 24.3. The minimum absolute atomic E-state index is 0.0620. The SMILES string of the molecule is COC(=O)c1cccc(C)c1C1c2ccc3cc(O)ccc3c2OC2=C3C=CC(=O)C=C3C=CC21. The number of ether oxygens (including phenoxy) is 2. The van der Waals surface area contributed by atoms with Gasteiger partial charge >= 0.3 is 5.97 Å². The third kappa shape index (κ3) is 3.23. The average molecular weight is 463 g/mol. The second-order valence-electron chi connectivity index (χ2n) is 9.00. The van der Waals surface area contributed by atoms with Gasteiger partial charge in [0, 0.05) is 28.4 Å². The van der Waals surface area contributed by atoms with Crippen molar-refractivity contribution in [2.24, 2.45) is 5.92 Å². The van der Waals surface area contributed by atoms with E-state index < -0.39 is 0 Å². The van der Waals surface area contributed by atoms with E-state index in [1.807, 2.05) is 49.4 Å². The van der Waals surface area contributed by atoms with Gasteiger partial charge in [0.2, 0.25) is 0 Å². The lowest BCUT2D eigenvalue weighted by molar-refractivity contribution is -0.110. The van der Waals surface area contributed by atoms with Crippen LogP contribution in [0.25, 0.3) is 10.8 Å². The molecule has 1 N–H and O–H groups in total. The summed E-state index contributed by atoms with van der Waals surface area (Å²) in [5.41, 5.74) is 5.00. The van der Waals surface area contributed by atoms with Gasteiger partial charge in [-0.2, -0.15) is 0 Å². The Hall–Kier alpha value is -4.38. The Morgan fingerprint density at radius 1 is 1.06 bits per heavy atom. The maximum atomic E-state index is 12.8. The van der Waals surface area contributed by atoms with Crippen LogP contribution in [0.3, 0.4) is 0 Å². The second kappa shape index (κ2) is 7.84. The van der Waals surface area contributed by atoms with Gasteiger partial charge in [-0.05, 0) is 71.5 Å². The summed E-state index contributed by atoms with van der Waals surface area (Å²) in [6, 6.07) is 14.8. The maximum absolute atomic E-state index is 12.8. The fourth-order valence-electron chi connectivity index (χ4n) is 5.45. The molecule has 35 heavy (non-hydrogen) atoms. The van der Waals surface area contributed by atoms with Crippen molar-refractivity contribution in [1.29, 1.82) is 0 Å². The first-order chi connectivity index (χ1) is 17.0. The van der Waals surface area contributed by atoms with Crippen LogP contribution in [0.1, 0.15) is 33.0 Å². The molecule has 0 bridgehead atoms. The third-order valence-corrected chi connectivity index (χ3v) is 7.01. The van der Waals surface area contributed by atoms with Crippen LogP contribution in [-0.2, 0) is 9.53 Å². The number of carbonyl (C=O) groups is 2. The van der Waals surface area contributed by atoms with Gasteiger partial charge in [-0.25, -0.2) is 4.79 Å². The molecule has 0 saturated carbocycles. The molecule has 2 unspecified atom stereocenters. The fraction of sp³-hybridized carbons (Fsp3) is 0.133. The van der Waals surface area contributed by atoms with E-state index in [1.54, 1.807) is 30.4 Å². The number of fused-ring (bicyclic) bond motifs is 5. The molecule has 172 valence electrons. The molecular formula is C30H22O5. The number of hydrogen-bond donors (Lipinski definition) is 1. The summed E-state index contributed by atoms with van der Waals surface area (Å²) in [6.07, 6.45) is 8.98. The Kier molecular flexibility index (Phi) is 4.74. The number of aryl methyl sites for hydroxylation is 1. The molecule has 5 nitrogen and oxygen atoms in total. The van der Waals surface area contributed by atoms with E-state index in [1.165, 1.54) is 7.11 Å². The topological polar surface area (TPSA) is 72.8 Å². The Balaban J connectivity index is 1.68. The predicted molar refractivity (Wildman–Crippen MR) is 132 cm³/mol. The highest BCUT2D eigenvalue weighted by atomic mass is 16.5. The Morgan fingerprint density at radius 3 is 2.74 bits per heavy atom. The summed E-state index contributed by atoms with van der Waals surface area (Å²) < 4.78 is 11.8. The first-order valence-corrected chi connectivity index (χ1v) is 11.4. The van der Waals surface area contributed by atoms with Crippen molar-refractivity contribution < 1.29 is 24.2 Å². The number of rotatable bonds is 2. The molecule has 3 aromatic carbocycles. The normalized spacial score (nSPS) is 20.1. The Morgan fingerprint density at radius 2 is 1.91 bits per heavy atom. The summed E-state index contributed by atoms with van der Waals surface area (Å²) in [5.74, 6) is 0.736. The first-order valence-electron chi connectivity index (χ1n) is 11.4. The quantitative estimate of drug-likeness (QED) is 0.497. The van der Waals surface area contributed by atoms with Crippen molar-refractivity contribution in [2.75, 3.05) is 7.11 Å². The van der Waals surface area contributed by atoms with Gasteiger partial charge in [-0.1, -0.05) is 36.4 Å². The summed E-state index contributed by atoms with van der Waals surface area (Å²) in [6.45, 7) is 2.00. The van der Waals surface area contributed by atoms with Gasteiger partial charge in [0.15, 0.2) is 5.78 Å². The zero-order valence-electron chi connectivity index (χ0n) is 19.2. The predicted octanol–water partition coefficient (Wildman–Crippen LogP) is 5.67. The number of allylic oxidation sites excluding steroid dienone is 7. The van der Waals surface area contributed by atoms with Crippen LogP contribution in [0.15, 0.2) is 95.8 Å². The molecule has 2 aliphatic carbocycles. The lowest BCUT2D eigenvalue weighted by Crippen LogP contribution is -2.29. The smallest absolute Gasteiger partial charge is 0.338 e. The maximum Gasteiger partial charge on any atom is 0.338 e. The molecule has 0 fully saturated rings. The number of aromatic hydroxyl groups is 1. The number of hydrogen-bond acceptors (Lipinski definition) is 5. The summed E-state index contributed by atoms with van der Waals surface area (Å²) in [7, 11) is 1.39. The van der Waals surface area contributed by atoms with Crippen LogP contribution < -0.4 is 4.74 Å². The van der Waals surface area contributed by atoms with Crippen LogP contribution in [0, 0.1) is 12.8 Å².